The number of benzene rings is 1. The number of ether oxygens (including phenoxy) is 1. The molecule has 2 nitrogen and oxygen atoms in total. The number of fused-ring (bicyclic) bond motifs is 1. The number of carbonyl (C=O) groups is 1. The van der Waals surface area contributed by atoms with Crippen LogP contribution in [0.25, 0.3) is 0 Å². The van der Waals surface area contributed by atoms with E-state index >= 15 is 0 Å². The summed E-state index contributed by atoms with van der Waals surface area (Å²) in [6, 6.07) is 4.08. The van der Waals surface area contributed by atoms with E-state index in [-0.39, 0.29) is 0 Å². The molecule has 1 heterocycles. The Bertz CT molecular complexity index is 413. The predicted octanol–water partition coefficient (Wildman–Crippen LogP) is 3.30. The summed E-state index contributed by atoms with van der Waals surface area (Å²) < 4.78 is 6.63. The highest BCUT2D eigenvalue weighted by molar-refractivity contribution is 9.10. The first-order chi connectivity index (χ1) is 7.70. The minimum absolute atomic E-state index is 0.290. The topological polar surface area (TPSA) is 26.3 Å². The van der Waals surface area contributed by atoms with Crippen LogP contribution in [0.1, 0.15) is 30.9 Å². The highest BCUT2D eigenvalue weighted by atomic mass is 79.9. The fourth-order valence-electron chi connectivity index (χ4n) is 2.06. The molecule has 0 atom stereocenters. The fraction of sp³-hybridized carbons (Fsp3) is 0.462. The highest BCUT2D eigenvalue weighted by Crippen LogP contribution is 2.33. The average molecular weight is 283 g/mol. The Balaban J connectivity index is 2.23. The van der Waals surface area contributed by atoms with Crippen LogP contribution >= 0.6 is 15.9 Å². The number of hydrogen-bond acceptors (Lipinski definition) is 2. The van der Waals surface area contributed by atoms with Gasteiger partial charge in [0.05, 0.1) is 6.61 Å². The van der Waals surface area contributed by atoms with Gasteiger partial charge in [0.15, 0.2) is 0 Å². The van der Waals surface area contributed by atoms with Gasteiger partial charge in [-0.15, -0.1) is 0 Å². The van der Waals surface area contributed by atoms with Gasteiger partial charge in [-0.3, -0.25) is 4.79 Å². The number of hydrogen-bond donors (Lipinski definition) is 0. The lowest BCUT2D eigenvalue weighted by Gasteiger charge is -2.08. The summed E-state index contributed by atoms with van der Waals surface area (Å²) in [7, 11) is 0. The Hall–Kier alpha value is -0.830. The molecule has 0 radical (unpaired) electrons. The van der Waals surface area contributed by atoms with Crippen molar-refractivity contribution in [2.24, 2.45) is 0 Å². The summed E-state index contributed by atoms with van der Waals surface area (Å²) in [5.41, 5.74) is 2.24. The minimum Gasteiger partial charge on any atom is -0.493 e. The van der Waals surface area contributed by atoms with Crippen LogP contribution in [-0.4, -0.2) is 12.4 Å². The van der Waals surface area contributed by atoms with Gasteiger partial charge < -0.3 is 4.74 Å². The van der Waals surface area contributed by atoms with Crippen molar-refractivity contribution >= 4 is 21.7 Å². The highest BCUT2D eigenvalue weighted by Gasteiger charge is 2.18. The first-order valence-electron chi connectivity index (χ1n) is 5.66. The average Bonchev–Trinajstić information content (AvgIpc) is 2.65. The monoisotopic (exact) mass is 282 g/mol. The standard InChI is InChI=1S/C13H15BrO2/c1-2-3-12(15)8-10-7-11(14)6-9-4-5-16-13(9)10/h6-7H,2-5,8H2,1H3. The zero-order valence-corrected chi connectivity index (χ0v) is 11.0. The molecule has 2 rings (SSSR count). The third-order valence-corrected chi connectivity index (χ3v) is 3.20. The molecule has 0 fully saturated rings. The van der Waals surface area contributed by atoms with E-state index in [1.54, 1.807) is 0 Å². The Kier molecular flexibility index (Phi) is 3.64. The van der Waals surface area contributed by atoms with E-state index in [0.29, 0.717) is 18.6 Å². The first-order valence-corrected chi connectivity index (χ1v) is 6.45. The number of carbonyl (C=O) groups excluding carboxylic acids is 1. The summed E-state index contributed by atoms with van der Waals surface area (Å²) in [5.74, 6) is 1.23. The van der Waals surface area contributed by atoms with Crippen LogP contribution in [0.15, 0.2) is 16.6 Å². The maximum atomic E-state index is 11.7. The third kappa shape index (κ3) is 2.46. The molecule has 86 valence electrons. The summed E-state index contributed by atoms with van der Waals surface area (Å²) in [6.45, 7) is 2.76. The normalized spacial score (nSPS) is 13.4. The van der Waals surface area contributed by atoms with Crippen molar-refractivity contribution in [2.75, 3.05) is 6.61 Å². The molecule has 1 aromatic carbocycles. The van der Waals surface area contributed by atoms with Crippen LogP contribution < -0.4 is 4.74 Å². The molecule has 16 heavy (non-hydrogen) atoms. The predicted molar refractivity (Wildman–Crippen MR) is 67.0 cm³/mol. The maximum Gasteiger partial charge on any atom is 0.137 e. The molecule has 0 aromatic heterocycles. The number of halogens is 1. The second-order valence-electron chi connectivity index (χ2n) is 4.12. The van der Waals surface area contributed by atoms with E-state index in [9.17, 15) is 4.79 Å². The van der Waals surface area contributed by atoms with Crippen molar-refractivity contribution in [1.82, 2.24) is 0 Å². The van der Waals surface area contributed by atoms with E-state index in [4.69, 9.17) is 4.74 Å². The third-order valence-electron chi connectivity index (χ3n) is 2.74. The Morgan fingerprint density at radius 1 is 1.50 bits per heavy atom. The molecule has 0 unspecified atom stereocenters. The Labute approximate surface area is 104 Å². The second kappa shape index (κ2) is 5.00. The lowest BCUT2D eigenvalue weighted by atomic mass is 10.0. The summed E-state index contributed by atoms with van der Waals surface area (Å²) in [6.07, 6.45) is 3.01. The van der Waals surface area contributed by atoms with E-state index < -0.39 is 0 Å². The molecule has 1 aromatic rings. The molecular formula is C13H15BrO2. The summed E-state index contributed by atoms with van der Waals surface area (Å²) in [5, 5.41) is 0. The molecule has 1 aliphatic rings. The summed E-state index contributed by atoms with van der Waals surface area (Å²) >= 11 is 3.48. The number of rotatable bonds is 4. The van der Waals surface area contributed by atoms with Crippen molar-refractivity contribution in [1.29, 1.82) is 0 Å². The van der Waals surface area contributed by atoms with Gasteiger partial charge in [0.2, 0.25) is 0 Å². The van der Waals surface area contributed by atoms with Crippen LogP contribution in [0.2, 0.25) is 0 Å². The Morgan fingerprint density at radius 2 is 2.31 bits per heavy atom. The molecule has 0 saturated carbocycles. The van der Waals surface area contributed by atoms with Crippen LogP contribution in [0.3, 0.4) is 0 Å². The summed E-state index contributed by atoms with van der Waals surface area (Å²) in [4.78, 5) is 11.7. The quantitative estimate of drug-likeness (QED) is 0.847. The van der Waals surface area contributed by atoms with Gasteiger partial charge in [-0.1, -0.05) is 22.9 Å². The molecule has 0 saturated heterocycles. The van der Waals surface area contributed by atoms with E-state index in [1.807, 2.05) is 13.0 Å². The molecule has 0 N–H and O–H groups in total. The van der Waals surface area contributed by atoms with Crippen molar-refractivity contribution in [3.8, 4) is 5.75 Å². The van der Waals surface area contributed by atoms with E-state index in [1.165, 1.54) is 5.56 Å². The van der Waals surface area contributed by atoms with Crippen LogP contribution in [0.4, 0.5) is 0 Å². The van der Waals surface area contributed by atoms with E-state index in [2.05, 4.69) is 22.0 Å². The maximum absolute atomic E-state index is 11.7. The first kappa shape index (κ1) is 11.6. The molecule has 0 aliphatic carbocycles. The second-order valence-corrected chi connectivity index (χ2v) is 5.03. The Morgan fingerprint density at radius 3 is 3.06 bits per heavy atom. The molecule has 3 heteroatoms. The van der Waals surface area contributed by atoms with Crippen LogP contribution in [0.5, 0.6) is 5.75 Å². The van der Waals surface area contributed by atoms with Crippen molar-refractivity contribution in [3.63, 3.8) is 0 Å². The SMILES string of the molecule is CCCC(=O)Cc1cc(Br)cc2c1OCC2. The zero-order valence-electron chi connectivity index (χ0n) is 9.38. The lowest BCUT2D eigenvalue weighted by Crippen LogP contribution is -2.03. The molecule has 0 amide bonds. The van der Waals surface area contributed by atoms with Crippen molar-refractivity contribution < 1.29 is 9.53 Å². The van der Waals surface area contributed by atoms with Gasteiger partial charge in [-0.2, -0.15) is 0 Å². The molecule has 0 spiro atoms. The zero-order chi connectivity index (χ0) is 11.5. The number of ketones is 1. The van der Waals surface area contributed by atoms with Crippen LogP contribution in [0, 0.1) is 0 Å². The van der Waals surface area contributed by atoms with Crippen LogP contribution in [-0.2, 0) is 17.6 Å². The molecule has 0 bridgehead atoms. The van der Waals surface area contributed by atoms with Gasteiger partial charge in [0, 0.05) is 29.3 Å². The van der Waals surface area contributed by atoms with Gasteiger partial charge >= 0.3 is 0 Å². The fourth-order valence-corrected chi connectivity index (χ4v) is 2.61. The van der Waals surface area contributed by atoms with Crippen molar-refractivity contribution in [3.05, 3.63) is 27.7 Å². The minimum atomic E-state index is 0.290. The van der Waals surface area contributed by atoms with Gasteiger partial charge in [0.25, 0.3) is 0 Å². The largest absolute Gasteiger partial charge is 0.493 e. The smallest absolute Gasteiger partial charge is 0.137 e. The molecule has 1 aliphatic heterocycles. The van der Waals surface area contributed by atoms with Gasteiger partial charge in [-0.05, 0) is 24.1 Å². The van der Waals surface area contributed by atoms with Gasteiger partial charge in [0.1, 0.15) is 11.5 Å². The molecular weight excluding hydrogens is 268 g/mol. The lowest BCUT2D eigenvalue weighted by molar-refractivity contribution is -0.118. The van der Waals surface area contributed by atoms with E-state index in [0.717, 1.165) is 35.2 Å². The van der Waals surface area contributed by atoms with Crippen molar-refractivity contribution in [2.45, 2.75) is 32.6 Å². The van der Waals surface area contributed by atoms with Gasteiger partial charge in [-0.25, -0.2) is 0 Å². The number of Topliss-reactive ketones (excluding diaryl/α,β-unsaturated/α-hetero) is 1.